The summed E-state index contributed by atoms with van der Waals surface area (Å²) < 4.78 is 5.03. The van der Waals surface area contributed by atoms with Crippen LogP contribution in [0.1, 0.15) is 21.1 Å². The molecule has 0 radical (unpaired) electrons. The lowest BCUT2D eigenvalue weighted by molar-refractivity contribution is 0.0946. The van der Waals surface area contributed by atoms with E-state index in [9.17, 15) is 4.79 Å². The number of thiazole rings is 1. The highest BCUT2D eigenvalue weighted by molar-refractivity contribution is 7.09. The fraction of sp³-hybridized carbons (Fsp3) is 0.308. The summed E-state index contributed by atoms with van der Waals surface area (Å²) >= 11 is 1.45. The maximum absolute atomic E-state index is 11.9. The quantitative estimate of drug-likeness (QED) is 0.828. The van der Waals surface area contributed by atoms with Crippen LogP contribution in [0.25, 0.3) is 0 Å². The van der Waals surface area contributed by atoms with E-state index in [0.717, 1.165) is 10.6 Å². The Balaban J connectivity index is 1.93. The summed E-state index contributed by atoms with van der Waals surface area (Å²) in [5.74, 6) is 0.330. The Morgan fingerprint density at radius 2 is 2.40 bits per heavy atom. The first-order chi connectivity index (χ1) is 9.72. The van der Waals surface area contributed by atoms with Crippen LogP contribution in [0.15, 0.2) is 23.7 Å². The molecule has 0 saturated carbocycles. The van der Waals surface area contributed by atoms with Crippen molar-refractivity contribution in [2.75, 3.05) is 13.7 Å². The SMILES string of the molecule is COc1cc(CNC(=O)c2csc(CCN)n2)ccn1. The number of ether oxygens (including phenoxy) is 1. The fourth-order valence-corrected chi connectivity index (χ4v) is 2.39. The summed E-state index contributed by atoms with van der Waals surface area (Å²) in [4.78, 5) is 20.2. The van der Waals surface area contributed by atoms with Gasteiger partial charge in [-0.05, 0) is 18.2 Å². The number of nitrogens with zero attached hydrogens (tertiary/aromatic N) is 2. The van der Waals surface area contributed by atoms with Crippen molar-refractivity contribution in [3.05, 3.63) is 40.0 Å². The standard InChI is InChI=1S/C13H16N4O2S/c1-19-11-6-9(3-5-15-11)7-16-13(18)10-8-20-12(17-10)2-4-14/h3,5-6,8H,2,4,7,14H2,1H3,(H,16,18). The number of methoxy groups -OCH3 is 1. The van der Waals surface area contributed by atoms with E-state index < -0.39 is 0 Å². The first kappa shape index (κ1) is 14.4. The number of nitrogens with one attached hydrogen (secondary N) is 1. The highest BCUT2D eigenvalue weighted by atomic mass is 32.1. The van der Waals surface area contributed by atoms with Gasteiger partial charge in [0.25, 0.3) is 5.91 Å². The molecular weight excluding hydrogens is 276 g/mol. The number of hydrogen-bond acceptors (Lipinski definition) is 6. The van der Waals surface area contributed by atoms with Crippen LogP contribution >= 0.6 is 11.3 Å². The number of amides is 1. The summed E-state index contributed by atoms with van der Waals surface area (Å²) in [7, 11) is 1.55. The second-order valence-corrected chi connectivity index (χ2v) is 5.00. The predicted octanol–water partition coefficient (Wildman–Crippen LogP) is 0.978. The maximum Gasteiger partial charge on any atom is 0.271 e. The van der Waals surface area contributed by atoms with E-state index in [1.54, 1.807) is 24.8 Å². The van der Waals surface area contributed by atoms with Gasteiger partial charge in [0, 0.05) is 30.6 Å². The van der Waals surface area contributed by atoms with Crippen LogP contribution in [0.2, 0.25) is 0 Å². The van der Waals surface area contributed by atoms with Crippen LogP contribution in [0, 0.1) is 0 Å². The van der Waals surface area contributed by atoms with Crippen molar-refractivity contribution < 1.29 is 9.53 Å². The highest BCUT2D eigenvalue weighted by Crippen LogP contribution is 2.11. The van der Waals surface area contributed by atoms with Crippen molar-refractivity contribution in [1.29, 1.82) is 0 Å². The van der Waals surface area contributed by atoms with Crippen LogP contribution in [-0.2, 0) is 13.0 Å². The largest absolute Gasteiger partial charge is 0.481 e. The van der Waals surface area contributed by atoms with E-state index in [-0.39, 0.29) is 5.91 Å². The number of aromatic nitrogens is 2. The van der Waals surface area contributed by atoms with E-state index in [1.807, 2.05) is 6.07 Å². The van der Waals surface area contributed by atoms with Gasteiger partial charge >= 0.3 is 0 Å². The van der Waals surface area contributed by atoms with E-state index in [1.165, 1.54) is 11.3 Å². The zero-order valence-corrected chi connectivity index (χ0v) is 11.9. The Labute approximate surface area is 121 Å². The van der Waals surface area contributed by atoms with Crippen molar-refractivity contribution in [3.8, 4) is 5.88 Å². The summed E-state index contributed by atoms with van der Waals surface area (Å²) in [6.07, 6.45) is 2.34. The average molecular weight is 292 g/mol. The molecule has 0 aromatic carbocycles. The minimum atomic E-state index is -0.194. The number of rotatable bonds is 6. The lowest BCUT2D eigenvalue weighted by Crippen LogP contribution is -2.23. The van der Waals surface area contributed by atoms with Crippen molar-refractivity contribution in [2.45, 2.75) is 13.0 Å². The molecule has 2 heterocycles. The summed E-state index contributed by atoms with van der Waals surface area (Å²) in [6, 6.07) is 3.60. The van der Waals surface area contributed by atoms with Gasteiger partial charge < -0.3 is 15.8 Å². The molecule has 1 amide bonds. The fourth-order valence-electron chi connectivity index (χ4n) is 1.60. The molecule has 0 fully saturated rings. The minimum Gasteiger partial charge on any atom is -0.481 e. The Morgan fingerprint density at radius 1 is 1.55 bits per heavy atom. The van der Waals surface area contributed by atoms with E-state index in [0.29, 0.717) is 31.1 Å². The lowest BCUT2D eigenvalue weighted by atomic mass is 10.2. The molecule has 7 heteroatoms. The predicted molar refractivity (Wildman–Crippen MR) is 76.8 cm³/mol. The van der Waals surface area contributed by atoms with Gasteiger partial charge in [-0.2, -0.15) is 0 Å². The molecule has 3 N–H and O–H groups in total. The topological polar surface area (TPSA) is 90.1 Å². The number of pyridine rings is 1. The number of carbonyl (C=O) groups excluding carboxylic acids is 1. The van der Waals surface area contributed by atoms with Crippen molar-refractivity contribution >= 4 is 17.2 Å². The van der Waals surface area contributed by atoms with E-state index in [2.05, 4.69) is 15.3 Å². The first-order valence-electron chi connectivity index (χ1n) is 6.14. The van der Waals surface area contributed by atoms with Gasteiger partial charge in [0.1, 0.15) is 5.69 Å². The van der Waals surface area contributed by atoms with Gasteiger partial charge in [-0.25, -0.2) is 9.97 Å². The third-order valence-corrected chi connectivity index (χ3v) is 3.51. The second kappa shape index (κ2) is 6.97. The molecule has 2 rings (SSSR count). The molecule has 0 aliphatic carbocycles. The molecule has 0 saturated heterocycles. The number of carbonyl (C=O) groups is 1. The monoisotopic (exact) mass is 292 g/mol. The van der Waals surface area contributed by atoms with Gasteiger partial charge in [-0.3, -0.25) is 4.79 Å². The molecule has 2 aromatic heterocycles. The number of hydrogen-bond donors (Lipinski definition) is 2. The van der Waals surface area contributed by atoms with Crippen LogP contribution in [0.3, 0.4) is 0 Å². The molecule has 0 aliphatic heterocycles. The maximum atomic E-state index is 11.9. The van der Waals surface area contributed by atoms with Gasteiger partial charge in [-0.15, -0.1) is 11.3 Å². The Kier molecular flexibility index (Phi) is 5.03. The Morgan fingerprint density at radius 3 is 3.15 bits per heavy atom. The summed E-state index contributed by atoms with van der Waals surface area (Å²) in [5.41, 5.74) is 6.81. The Hall–Kier alpha value is -1.99. The molecular formula is C13H16N4O2S. The molecule has 106 valence electrons. The minimum absolute atomic E-state index is 0.194. The van der Waals surface area contributed by atoms with Crippen LogP contribution < -0.4 is 15.8 Å². The van der Waals surface area contributed by atoms with Crippen LogP contribution in [0.4, 0.5) is 0 Å². The lowest BCUT2D eigenvalue weighted by Gasteiger charge is -2.05. The van der Waals surface area contributed by atoms with Crippen LogP contribution in [-0.4, -0.2) is 29.5 Å². The van der Waals surface area contributed by atoms with Crippen LogP contribution in [0.5, 0.6) is 5.88 Å². The molecule has 0 bridgehead atoms. The Bertz CT molecular complexity index is 585. The van der Waals surface area contributed by atoms with Crippen molar-refractivity contribution in [2.24, 2.45) is 5.73 Å². The zero-order chi connectivity index (χ0) is 14.4. The average Bonchev–Trinajstić information content (AvgIpc) is 2.94. The van der Waals surface area contributed by atoms with Crippen molar-refractivity contribution in [3.63, 3.8) is 0 Å². The third kappa shape index (κ3) is 3.75. The highest BCUT2D eigenvalue weighted by Gasteiger charge is 2.10. The van der Waals surface area contributed by atoms with Gasteiger partial charge in [-0.1, -0.05) is 0 Å². The summed E-state index contributed by atoms with van der Waals surface area (Å²) in [6.45, 7) is 0.937. The van der Waals surface area contributed by atoms with Gasteiger partial charge in [0.05, 0.1) is 12.1 Å². The first-order valence-corrected chi connectivity index (χ1v) is 7.02. The molecule has 2 aromatic rings. The number of nitrogens with two attached hydrogens (primary N) is 1. The normalized spacial score (nSPS) is 10.3. The molecule has 6 nitrogen and oxygen atoms in total. The second-order valence-electron chi connectivity index (χ2n) is 4.05. The molecule has 0 aliphatic rings. The smallest absolute Gasteiger partial charge is 0.271 e. The molecule has 0 spiro atoms. The summed E-state index contributed by atoms with van der Waals surface area (Å²) in [5, 5.41) is 5.43. The van der Waals surface area contributed by atoms with Gasteiger partial charge in [0.15, 0.2) is 0 Å². The molecule has 0 unspecified atom stereocenters. The zero-order valence-electron chi connectivity index (χ0n) is 11.1. The molecule has 0 atom stereocenters. The van der Waals surface area contributed by atoms with Gasteiger partial charge in [0.2, 0.25) is 5.88 Å². The van der Waals surface area contributed by atoms with E-state index >= 15 is 0 Å². The van der Waals surface area contributed by atoms with E-state index in [4.69, 9.17) is 10.5 Å². The molecule has 20 heavy (non-hydrogen) atoms. The van der Waals surface area contributed by atoms with Crippen molar-refractivity contribution in [1.82, 2.24) is 15.3 Å². The third-order valence-electron chi connectivity index (χ3n) is 2.60.